The van der Waals surface area contributed by atoms with Crippen molar-refractivity contribution in [3.05, 3.63) is 54.4 Å². The normalized spacial score (nSPS) is 10.9. The first-order valence-electron chi connectivity index (χ1n) is 5.35. The summed E-state index contributed by atoms with van der Waals surface area (Å²) < 4.78 is 42.4. The van der Waals surface area contributed by atoms with E-state index in [9.17, 15) is 18.0 Å². The van der Waals surface area contributed by atoms with Gasteiger partial charge in [-0.25, -0.2) is 4.79 Å². The van der Waals surface area contributed by atoms with Crippen LogP contribution in [0.1, 0.15) is 21.6 Å². The van der Waals surface area contributed by atoms with Crippen molar-refractivity contribution < 1.29 is 22.7 Å². The van der Waals surface area contributed by atoms with Crippen molar-refractivity contribution in [1.29, 1.82) is 0 Å². The summed E-state index contributed by atoms with van der Waals surface area (Å²) in [6.45, 7) is 6.79. The molecule has 1 heterocycles. The molecule has 0 unspecified atom stereocenters. The van der Waals surface area contributed by atoms with E-state index in [0.717, 1.165) is 12.3 Å². The van der Waals surface area contributed by atoms with Gasteiger partial charge in [0.05, 0.1) is 5.56 Å². The van der Waals surface area contributed by atoms with Crippen LogP contribution in [0.25, 0.3) is 0 Å². The third-order valence-corrected chi connectivity index (χ3v) is 2.20. The Morgan fingerprint density at radius 1 is 1.37 bits per heavy atom. The van der Waals surface area contributed by atoms with Gasteiger partial charge in [0.2, 0.25) is 0 Å². The number of halogens is 3. The number of esters is 1. The SMILES string of the molecule is C=CCOC(=O)c1cnc(C(F)(F)F)cc1CC=C. The Morgan fingerprint density at radius 3 is 2.58 bits per heavy atom. The van der Waals surface area contributed by atoms with Gasteiger partial charge in [-0.2, -0.15) is 13.2 Å². The number of pyridine rings is 1. The van der Waals surface area contributed by atoms with Gasteiger partial charge in [-0.15, -0.1) is 6.58 Å². The molecule has 0 saturated heterocycles. The van der Waals surface area contributed by atoms with E-state index in [-0.39, 0.29) is 24.2 Å². The van der Waals surface area contributed by atoms with Gasteiger partial charge in [0, 0.05) is 6.20 Å². The highest BCUT2D eigenvalue weighted by molar-refractivity contribution is 5.90. The first-order valence-corrected chi connectivity index (χ1v) is 5.35. The van der Waals surface area contributed by atoms with Crippen LogP contribution in [0.3, 0.4) is 0 Å². The van der Waals surface area contributed by atoms with Gasteiger partial charge in [-0.05, 0) is 18.1 Å². The van der Waals surface area contributed by atoms with Gasteiger partial charge < -0.3 is 4.74 Å². The minimum Gasteiger partial charge on any atom is -0.458 e. The van der Waals surface area contributed by atoms with Crippen LogP contribution in [0.15, 0.2) is 37.6 Å². The molecule has 19 heavy (non-hydrogen) atoms. The lowest BCUT2D eigenvalue weighted by Gasteiger charge is -2.11. The molecule has 1 aromatic heterocycles. The largest absolute Gasteiger partial charge is 0.458 e. The number of ether oxygens (including phenoxy) is 1. The fraction of sp³-hybridized carbons (Fsp3) is 0.231. The van der Waals surface area contributed by atoms with Gasteiger partial charge in [-0.3, -0.25) is 4.98 Å². The van der Waals surface area contributed by atoms with Gasteiger partial charge in [0.1, 0.15) is 12.3 Å². The summed E-state index contributed by atoms with van der Waals surface area (Å²) in [5.74, 6) is -0.738. The number of carbonyl (C=O) groups excluding carboxylic acids is 1. The van der Waals surface area contributed by atoms with Gasteiger partial charge in [-0.1, -0.05) is 18.7 Å². The van der Waals surface area contributed by atoms with E-state index < -0.39 is 17.8 Å². The third kappa shape index (κ3) is 3.94. The zero-order valence-electron chi connectivity index (χ0n) is 10.0. The molecule has 3 nitrogen and oxygen atoms in total. The summed E-state index contributed by atoms with van der Waals surface area (Å²) in [6, 6.07) is 0.826. The van der Waals surface area contributed by atoms with Crippen LogP contribution in [0.4, 0.5) is 13.2 Å². The summed E-state index contributed by atoms with van der Waals surface area (Å²) in [6.07, 6.45) is -0.807. The maximum Gasteiger partial charge on any atom is 0.433 e. The molecular weight excluding hydrogens is 259 g/mol. The van der Waals surface area contributed by atoms with E-state index in [1.807, 2.05) is 0 Å². The van der Waals surface area contributed by atoms with Crippen LogP contribution in [0, 0.1) is 0 Å². The van der Waals surface area contributed by atoms with Gasteiger partial charge in [0.15, 0.2) is 0 Å². The maximum absolute atomic E-state index is 12.5. The molecule has 102 valence electrons. The van der Waals surface area contributed by atoms with Crippen LogP contribution in [0.2, 0.25) is 0 Å². The monoisotopic (exact) mass is 271 g/mol. The molecule has 0 N–H and O–H groups in total. The molecular formula is C13H12F3NO2. The van der Waals surface area contributed by atoms with Crippen LogP contribution < -0.4 is 0 Å². The molecule has 0 bridgehead atoms. The van der Waals surface area contributed by atoms with Crippen molar-refractivity contribution in [1.82, 2.24) is 4.98 Å². The molecule has 1 rings (SSSR count). The van der Waals surface area contributed by atoms with Crippen molar-refractivity contribution in [3.8, 4) is 0 Å². The standard InChI is InChI=1S/C13H12F3NO2/c1-3-5-9-7-11(13(14,15)16)17-8-10(9)12(18)19-6-4-2/h3-4,7-8H,1-2,5-6H2. The Morgan fingerprint density at radius 2 is 2.05 bits per heavy atom. The van der Waals surface area contributed by atoms with Crippen molar-refractivity contribution in [2.75, 3.05) is 6.61 Å². The highest BCUT2D eigenvalue weighted by Crippen LogP contribution is 2.29. The molecule has 0 fully saturated rings. The van der Waals surface area contributed by atoms with Crippen molar-refractivity contribution in [2.45, 2.75) is 12.6 Å². The molecule has 1 aromatic rings. The average molecular weight is 271 g/mol. The number of allylic oxidation sites excluding steroid dienone is 1. The van der Waals surface area contributed by atoms with Crippen molar-refractivity contribution in [3.63, 3.8) is 0 Å². The topological polar surface area (TPSA) is 39.2 Å². The second-order valence-corrected chi connectivity index (χ2v) is 3.60. The number of alkyl halides is 3. The molecule has 0 aromatic carbocycles. The summed E-state index contributed by atoms with van der Waals surface area (Å²) in [5.41, 5.74) is -0.884. The molecule has 0 radical (unpaired) electrons. The minimum absolute atomic E-state index is 0.00486. The van der Waals surface area contributed by atoms with Gasteiger partial charge in [0.25, 0.3) is 0 Å². The molecule has 0 saturated carbocycles. The maximum atomic E-state index is 12.5. The lowest BCUT2D eigenvalue weighted by atomic mass is 10.1. The smallest absolute Gasteiger partial charge is 0.433 e. The van der Waals surface area contributed by atoms with E-state index in [0.29, 0.717) is 0 Å². The van der Waals surface area contributed by atoms with Crippen LogP contribution >= 0.6 is 0 Å². The molecule has 0 aliphatic carbocycles. The average Bonchev–Trinajstić information content (AvgIpc) is 2.35. The molecule has 6 heteroatoms. The Kier molecular flexibility index (Phi) is 4.86. The summed E-state index contributed by atoms with van der Waals surface area (Å²) in [7, 11) is 0. The quantitative estimate of drug-likeness (QED) is 0.610. The Hall–Kier alpha value is -2.11. The summed E-state index contributed by atoms with van der Waals surface area (Å²) in [4.78, 5) is 14.9. The van der Waals surface area contributed by atoms with E-state index in [2.05, 4.69) is 18.1 Å². The summed E-state index contributed by atoms with van der Waals surface area (Å²) >= 11 is 0. The van der Waals surface area contributed by atoms with Crippen molar-refractivity contribution in [2.24, 2.45) is 0 Å². The number of nitrogens with zero attached hydrogens (tertiary/aromatic N) is 1. The predicted molar refractivity (Wildman–Crippen MR) is 63.6 cm³/mol. The Balaban J connectivity index is 3.14. The number of hydrogen-bond donors (Lipinski definition) is 0. The zero-order valence-corrected chi connectivity index (χ0v) is 10.0. The Labute approximate surface area is 108 Å². The lowest BCUT2D eigenvalue weighted by Crippen LogP contribution is -2.13. The highest BCUT2D eigenvalue weighted by atomic mass is 19.4. The zero-order chi connectivity index (χ0) is 14.5. The van der Waals surface area contributed by atoms with Gasteiger partial charge >= 0.3 is 12.1 Å². The molecule has 0 amide bonds. The lowest BCUT2D eigenvalue weighted by molar-refractivity contribution is -0.141. The fourth-order valence-corrected chi connectivity index (χ4v) is 1.37. The van der Waals surface area contributed by atoms with Crippen LogP contribution in [-0.4, -0.2) is 17.6 Å². The summed E-state index contributed by atoms with van der Waals surface area (Å²) in [5, 5.41) is 0. The highest BCUT2D eigenvalue weighted by Gasteiger charge is 2.33. The molecule has 0 spiro atoms. The van der Waals surface area contributed by atoms with E-state index in [1.165, 1.54) is 12.2 Å². The predicted octanol–water partition coefficient (Wildman–Crippen LogP) is 3.17. The van der Waals surface area contributed by atoms with Crippen LogP contribution in [-0.2, 0) is 17.3 Å². The second kappa shape index (κ2) is 6.17. The number of carbonyl (C=O) groups is 1. The first-order chi connectivity index (χ1) is 8.90. The first kappa shape index (κ1) is 14.9. The van der Waals surface area contributed by atoms with E-state index in [1.54, 1.807) is 0 Å². The third-order valence-electron chi connectivity index (χ3n) is 2.20. The molecule has 0 aliphatic heterocycles. The van der Waals surface area contributed by atoms with E-state index in [4.69, 9.17) is 4.74 Å². The fourth-order valence-electron chi connectivity index (χ4n) is 1.37. The van der Waals surface area contributed by atoms with Crippen LogP contribution in [0.5, 0.6) is 0 Å². The molecule has 0 aliphatic rings. The van der Waals surface area contributed by atoms with Crippen molar-refractivity contribution >= 4 is 5.97 Å². The second-order valence-electron chi connectivity index (χ2n) is 3.60. The molecule has 0 atom stereocenters. The number of rotatable bonds is 5. The number of aromatic nitrogens is 1. The van der Waals surface area contributed by atoms with E-state index >= 15 is 0 Å². The number of hydrogen-bond acceptors (Lipinski definition) is 3. The minimum atomic E-state index is -4.56. The Bertz CT molecular complexity index is 495.